The molecule has 1 heterocycles. The molecule has 4 nitrogen and oxygen atoms in total. The molecule has 0 radical (unpaired) electrons. The van der Waals surface area contributed by atoms with E-state index < -0.39 is 0 Å². The Balaban J connectivity index is 2.46. The summed E-state index contributed by atoms with van der Waals surface area (Å²) in [6.45, 7) is 0.0812. The summed E-state index contributed by atoms with van der Waals surface area (Å²) in [6.07, 6.45) is 0. The quantitative estimate of drug-likeness (QED) is 0.529. The molecule has 0 saturated heterocycles. The molecule has 20 heavy (non-hydrogen) atoms. The Labute approximate surface area is 115 Å². The lowest BCUT2D eigenvalue weighted by molar-refractivity contribution is -0.141. The molecule has 0 aliphatic carbocycles. The highest BCUT2D eigenvalue weighted by molar-refractivity contribution is 5.94. The Kier molecular flexibility index (Phi) is 2.99. The number of pyridine rings is 1. The minimum absolute atomic E-state index is 0.0164. The number of rotatable bonds is 2. The average molecular weight is 267 g/mol. The highest BCUT2D eigenvalue weighted by atomic mass is 16.5. The number of carbonyl (C=O) groups excluding carboxylic acids is 1. The van der Waals surface area contributed by atoms with E-state index in [2.05, 4.69) is 0 Å². The predicted octanol–water partition coefficient (Wildman–Crippen LogP) is 2.33. The van der Waals surface area contributed by atoms with Crippen molar-refractivity contribution >= 4 is 27.8 Å². The van der Waals surface area contributed by atoms with Crippen molar-refractivity contribution < 1.29 is 9.53 Å². The third-order valence-corrected chi connectivity index (χ3v) is 3.39. The van der Waals surface area contributed by atoms with Crippen LogP contribution in [0.25, 0.3) is 21.8 Å². The second-order valence-corrected chi connectivity index (χ2v) is 4.53. The van der Waals surface area contributed by atoms with Gasteiger partial charge in [-0.25, -0.2) is 0 Å². The van der Waals surface area contributed by atoms with Crippen molar-refractivity contribution in [3.63, 3.8) is 0 Å². The molecule has 0 unspecified atom stereocenters. The maximum absolute atomic E-state index is 12.5. The fraction of sp³-hybridized carbons (Fsp3) is 0.125. The SMILES string of the molecule is COC(=O)Cn1c2ccccc2c(=O)c2ccccc21. The molecule has 0 atom stereocenters. The van der Waals surface area contributed by atoms with Crippen LogP contribution in [0.3, 0.4) is 0 Å². The van der Waals surface area contributed by atoms with Gasteiger partial charge in [0, 0.05) is 10.8 Å². The van der Waals surface area contributed by atoms with E-state index in [1.807, 2.05) is 41.0 Å². The van der Waals surface area contributed by atoms with E-state index in [0.29, 0.717) is 10.8 Å². The van der Waals surface area contributed by atoms with Crippen LogP contribution in [0.5, 0.6) is 0 Å². The van der Waals surface area contributed by atoms with Crippen molar-refractivity contribution in [3.8, 4) is 0 Å². The van der Waals surface area contributed by atoms with Gasteiger partial charge in [0.1, 0.15) is 6.54 Å². The zero-order valence-electron chi connectivity index (χ0n) is 11.0. The smallest absolute Gasteiger partial charge is 0.325 e. The number of methoxy groups -OCH3 is 1. The van der Waals surface area contributed by atoms with Gasteiger partial charge < -0.3 is 9.30 Å². The molecule has 0 bridgehead atoms. The van der Waals surface area contributed by atoms with Crippen LogP contribution < -0.4 is 5.43 Å². The summed E-state index contributed by atoms with van der Waals surface area (Å²) in [5, 5.41) is 1.21. The van der Waals surface area contributed by atoms with Crippen LogP contribution in [-0.4, -0.2) is 17.6 Å². The lowest BCUT2D eigenvalue weighted by Gasteiger charge is -2.13. The number of carbonyl (C=O) groups is 1. The summed E-state index contributed by atoms with van der Waals surface area (Å²) in [5.41, 5.74) is 1.46. The van der Waals surface area contributed by atoms with Crippen molar-refractivity contribution in [1.29, 1.82) is 0 Å². The normalized spacial score (nSPS) is 10.8. The van der Waals surface area contributed by atoms with Crippen LogP contribution in [0, 0.1) is 0 Å². The second-order valence-electron chi connectivity index (χ2n) is 4.53. The molecule has 0 aliphatic heterocycles. The van der Waals surface area contributed by atoms with Gasteiger partial charge in [0.05, 0.1) is 18.1 Å². The number of benzene rings is 2. The van der Waals surface area contributed by atoms with Gasteiger partial charge in [-0.05, 0) is 24.3 Å². The first kappa shape index (κ1) is 12.4. The Morgan fingerprint density at radius 3 is 2.00 bits per heavy atom. The number of esters is 1. The summed E-state index contributed by atoms with van der Waals surface area (Å²) in [5.74, 6) is -0.344. The molecule has 3 rings (SSSR count). The second kappa shape index (κ2) is 4.81. The van der Waals surface area contributed by atoms with Gasteiger partial charge in [0.15, 0.2) is 5.43 Å². The molecule has 0 N–H and O–H groups in total. The van der Waals surface area contributed by atoms with Crippen LogP contribution in [0.4, 0.5) is 0 Å². The number of hydrogen-bond acceptors (Lipinski definition) is 3. The fourth-order valence-electron chi connectivity index (χ4n) is 2.44. The molecule has 1 aromatic heterocycles. The molecule has 0 aliphatic rings. The fourth-order valence-corrected chi connectivity index (χ4v) is 2.44. The van der Waals surface area contributed by atoms with Gasteiger partial charge in [-0.3, -0.25) is 9.59 Å². The lowest BCUT2D eigenvalue weighted by Crippen LogP contribution is -2.17. The number of fused-ring (bicyclic) bond motifs is 2. The Bertz CT molecular complexity index is 804. The van der Waals surface area contributed by atoms with Crippen molar-refractivity contribution in [2.24, 2.45) is 0 Å². The molecule has 3 aromatic rings. The molecule has 0 saturated carbocycles. The number of ether oxygens (including phenoxy) is 1. The van der Waals surface area contributed by atoms with Crippen LogP contribution in [0.15, 0.2) is 53.3 Å². The minimum Gasteiger partial charge on any atom is -0.468 e. The molecule has 0 spiro atoms. The lowest BCUT2D eigenvalue weighted by atomic mass is 10.1. The topological polar surface area (TPSA) is 48.3 Å². The Morgan fingerprint density at radius 1 is 1.00 bits per heavy atom. The zero-order chi connectivity index (χ0) is 14.1. The molecule has 100 valence electrons. The van der Waals surface area contributed by atoms with E-state index in [-0.39, 0.29) is 17.9 Å². The third-order valence-electron chi connectivity index (χ3n) is 3.39. The van der Waals surface area contributed by atoms with Gasteiger partial charge >= 0.3 is 5.97 Å². The van der Waals surface area contributed by atoms with Gasteiger partial charge in [0.2, 0.25) is 0 Å². The third kappa shape index (κ3) is 1.86. The number of aromatic nitrogens is 1. The van der Waals surface area contributed by atoms with Crippen molar-refractivity contribution in [2.75, 3.05) is 7.11 Å². The van der Waals surface area contributed by atoms with Crippen molar-refractivity contribution in [2.45, 2.75) is 6.54 Å². The average Bonchev–Trinajstić information content (AvgIpc) is 2.51. The monoisotopic (exact) mass is 267 g/mol. The largest absolute Gasteiger partial charge is 0.468 e. The highest BCUT2D eigenvalue weighted by Crippen LogP contribution is 2.18. The van der Waals surface area contributed by atoms with Crippen molar-refractivity contribution in [1.82, 2.24) is 4.57 Å². The molecule has 4 heteroatoms. The first-order valence-corrected chi connectivity index (χ1v) is 6.29. The van der Waals surface area contributed by atoms with E-state index in [0.717, 1.165) is 11.0 Å². The first-order chi connectivity index (χ1) is 9.72. The summed E-state index contributed by atoms with van der Waals surface area (Å²) in [7, 11) is 1.36. The van der Waals surface area contributed by atoms with Crippen LogP contribution in [-0.2, 0) is 16.1 Å². The van der Waals surface area contributed by atoms with E-state index in [9.17, 15) is 9.59 Å². The van der Waals surface area contributed by atoms with Gasteiger partial charge in [-0.15, -0.1) is 0 Å². The van der Waals surface area contributed by atoms with Crippen molar-refractivity contribution in [3.05, 3.63) is 58.8 Å². The molecule has 0 fully saturated rings. The minimum atomic E-state index is -0.344. The van der Waals surface area contributed by atoms with E-state index >= 15 is 0 Å². The Morgan fingerprint density at radius 2 is 1.50 bits per heavy atom. The maximum atomic E-state index is 12.5. The summed E-state index contributed by atoms with van der Waals surface area (Å²) in [6, 6.07) is 14.6. The maximum Gasteiger partial charge on any atom is 0.325 e. The van der Waals surface area contributed by atoms with E-state index in [1.54, 1.807) is 12.1 Å². The summed E-state index contributed by atoms with van der Waals surface area (Å²) < 4.78 is 6.56. The molecule has 0 amide bonds. The molecular weight excluding hydrogens is 254 g/mol. The van der Waals surface area contributed by atoms with Gasteiger partial charge in [-0.1, -0.05) is 24.3 Å². The van der Waals surface area contributed by atoms with Gasteiger partial charge in [-0.2, -0.15) is 0 Å². The van der Waals surface area contributed by atoms with E-state index in [4.69, 9.17) is 4.74 Å². The molecule has 2 aromatic carbocycles. The molecular formula is C16H13NO3. The van der Waals surface area contributed by atoms with E-state index in [1.165, 1.54) is 7.11 Å². The van der Waals surface area contributed by atoms with Crippen LogP contribution in [0.1, 0.15) is 0 Å². The van der Waals surface area contributed by atoms with Gasteiger partial charge in [0.25, 0.3) is 0 Å². The van der Waals surface area contributed by atoms with Crippen LogP contribution in [0.2, 0.25) is 0 Å². The summed E-state index contributed by atoms with van der Waals surface area (Å²) in [4.78, 5) is 24.1. The number of hydrogen-bond donors (Lipinski definition) is 0. The Hall–Kier alpha value is -2.62. The number of para-hydroxylation sites is 2. The first-order valence-electron chi connectivity index (χ1n) is 6.29. The van der Waals surface area contributed by atoms with Crippen LogP contribution >= 0.6 is 0 Å². The zero-order valence-corrected chi connectivity index (χ0v) is 11.0. The highest BCUT2D eigenvalue weighted by Gasteiger charge is 2.12. The number of nitrogens with zero attached hydrogens (tertiary/aromatic N) is 1. The standard InChI is InChI=1S/C16H13NO3/c1-20-15(18)10-17-13-8-4-2-6-11(13)16(19)12-7-3-5-9-14(12)17/h2-9H,10H2,1H3. The predicted molar refractivity (Wildman–Crippen MR) is 77.7 cm³/mol. The summed E-state index contributed by atoms with van der Waals surface area (Å²) >= 11 is 0.